The van der Waals surface area contributed by atoms with E-state index in [2.05, 4.69) is 5.32 Å². The Morgan fingerprint density at radius 3 is 2.63 bits per heavy atom. The lowest BCUT2D eigenvalue weighted by Crippen LogP contribution is -2.53. The Morgan fingerprint density at radius 2 is 2.11 bits per heavy atom. The molecule has 0 aromatic heterocycles. The van der Waals surface area contributed by atoms with Gasteiger partial charge in [0.05, 0.1) is 19.1 Å². The number of morpholine rings is 1. The van der Waals surface area contributed by atoms with Crippen molar-refractivity contribution in [2.24, 2.45) is 0 Å². The van der Waals surface area contributed by atoms with Crippen molar-refractivity contribution in [3.63, 3.8) is 0 Å². The van der Waals surface area contributed by atoms with Gasteiger partial charge < -0.3 is 25.2 Å². The molecule has 19 heavy (non-hydrogen) atoms. The summed E-state index contributed by atoms with van der Waals surface area (Å²) in [5, 5.41) is 19.6. The molecule has 1 aliphatic heterocycles. The van der Waals surface area contributed by atoms with E-state index in [1.807, 2.05) is 6.92 Å². The molecular weight excluding hydrogens is 256 g/mol. The molecule has 2 unspecified atom stereocenters. The fraction of sp³-hybridized carbons (Fsp3) is 0.727. The highest BCUT2D eigenvalue weighted by molar-refractivity contribution is 5.86. The Kier molecular flexibility index (Phi) is 5.56. The molecule has 2 amide bonds. The van der Waals surface area contributed by atoms with Gasteiger partial charge in [-0.1, -0.05) is 6.92 Å². The van der Waals surface area contributed by atoms with Crippen molar-refractivity contribution in [3.8, 4) is 0 Å². The third-order valence-corrected chi connectivity index (χ3v) is 2.86. The Morgan fingerprint density at radius 1 is 1.42 bits per heavy atom. The lowest BCUT2D eigenvalue weighted by molar-refractivity contribution is -0.145. The van der Waals surface area contributed by atoms with Gasteiger partial charge in [0.15, 0.2) is 0 Å². The van der Waals surface area contributed by atoms with Crippen molar-refractivity contribution >= 4 is 18.0 Å². The van der Waals surface area contributed by atoms with Gasteiger partial charge in [-0.2, -0.15) is 0 Å². The van der Waals surface area contributed by atoms with Gasteiger partial charge >= 0.3 is 18.0 Å². The molecule has 2 atom stereocenters. The molecule has 1 heterocycles. The van der Waals surface area contributed by atoms with Crippen molar-refractivity contribution < 1.29 is 29.3 Å². The first-order chi connectivity index (χ1) is 8.93. The molecule has 0 aromatic carbocycles. The number of amides is 2. The molecule has 8 nitrogen and oxygen atoms in total. The van der Waals surface area contributed by atoms with E-state index in [0.29, 0.717) is 19.7 Å². The first-order valence-electron chi connectivity index (χ1n) is 6.05. The fourth-order valence-corrected chi connectivity index (χ4v) is 1.77. The van der Waals surface area contributed by atoms with Gasteiger partial charge in [-0.25, -0.2) is 9.59 Å². The van der Waals surface area contributed by atoms with E-state index in [1.54, 1.807) is 0 Å². The molecule has 0 bridgehead atoms. The van der Waals surface area contributed by atoms with Crippen LogP contribution in [0, 0.1) is 0 Å². The summed E-state index contributed by atoms with van der Waals surface area (Å²) >= 11 is 0. The summed E-state index contributed by atoms with van der Waals surface area (Å²) < 4.78 is 5.39. The zero-order chi connectivity index (χ0) is 14.4. The average molecular weight is 274 g/mol. The van der Waals surface area contributed by atoms with E-state index in [0.717, 1.165) is 6.42 Å². The van der Waals surface area contributed by atoms with Crippen LogP contribution in [-0.4, -0.2) is 64.9 Å². The molecule has 0 spiro atoms. The lowest BCUT2D eigenvalue weighted by atomic mass is 10.2. The number of urea groups is 1. The van der Waals surface area contributed by atoms with E-state index in [-0.39, 0.29) is 6.10 Å². The summed E-state index contributed by atoms with van der Waals surface area (Å²) in [7, 11) is 0. The number of ether oxygens (including phenoxy) is 1. The number of carbonyl (C=O) groups excluding carboxylic acids is 1. The van der Waals surface area contributed by atoms with E-state index in [1.165, 1.54) is 4.90 Å². The largest absolute Gasteiger partial charge is 0.481 e. The summed E-state index contributed by atoms with van der Waals surface area (Å²) in [4.78, 5) is 34.7. The monoisotopic (exact) mass is 274 g/mol. The predicted molar refractivity (Wildman–Crippen MR) is 63.8 cm³/mol. The number of carboxylic acids is 2. The lowest BCUT2D eigenvalue weighted by Gasteiger charge is -2.33. The molecule has 0 radical (unpaired) electrons. The zero-order valence-corrected chi connectivity index (χ0v) is 10.7. The second-order valence-corrected chi connectivity index (χ2v) is 4.29. The highest BCUT2D eigenvalue weighted by atomic mass is 16.5. The second kappa shape index (κ2) is 6.93. The van der Waals surface area contributed by atoms with Gasteiger partial charge in [0.2, 0.25) is 0 Å². The number of carbonyl (C=O) groups is 3. The maximum Gasteiger partial charge on any atom is 0.326 e. The molecule has 0 aliphatic carbocycles. The van der Waals surface area contributed by atoms with Crippen LogP contribution in [0.3, 0.4) is 0 Å². The van der Waals surface area contributed by atoms with Crippen LogP contribution in [0.5, 0.6) is 0 Å². The van der Waals surface area contributed by atoms with E-state index < -0.39 is 30.4 Å². The molecule has 0 aromatic rings. The number of nitrogens with one attached hydrogen (secondary N) is 1. The summed E-state index contributed by atoms with van der Waals surface area (Å²) in [6.07, 6.45) is 0.0337. The molecule has 108 valence electrons. The first kappa shape index (κ1) is 15.2. The highest BCUT2D eigenvalue weighted by Gasteiger charge is 2.28. The van der Waals surface area contributed by atoms with Gasteiger partial charge in [-0.05, 0) is 6.42 Å². The Balaban J connectivity index is 2.56. The molecule has 1 aliphatic rings. The smallest absolute Gasteiger partial charge is 0.326 e. The highest BCUT2D eigenvalue weighted by Crippen LogP contribution is 2.08. The van der Waals surface area contributed by atoms with Gasteiger partial charge in [0.1, 0.15) is 6.04 Å². The second-order valence-electron chi connectivity index (χ2n) is 4.29. The minimum atomic E-state index is -1.42. The molecular formula is C11H18N2O6. The minimum Gasteiger partial charge on any atom is -0.481 e. The molecule has 3 N–H and O–H groups in total. The standard InChI is InChI=1S/C11H18N2O6/c1-2-7-6-13(3-4-19-7)11(18)12-8(10(16)17)5-9(14)15/h7-8H,2-6H2,1H3,(H,12,18)(H,14,15)(H,16,17). The van der Waals surface area contributed by atoms with Crippen molar-refractivity contribution in [2.75, 3.05) is 19.7 Å². The summed E-state index contributed by atoms with van der Waals surface area (Å²) in [5.41, 5.74) is 0. The number of aliphatic carboxylic acids is 2. The van der Waals surface area contributed by atoms with Gasteiger partial charge in [-0.3, -0.25) is 4.79 Å². The van der Waals surface area contributed by atoms with Gasteiger partial charge in [-0.15, -0.1) is 0 Å². The Hall–Kier alpha value is -1.83. The molecule has 1 fully saturated rings. The van der Waals surface area contributed by atoms with Gasteiger partial charge in [0, 0.05) is 13.1 Å². The average Bonchev–Trinajstić information content (AvgIpc) is 2.37. The quantitative estimate of drug-likeness (QED) is 0.635. The Bertz CT molecular complexity index is 359. The summed E-state index contributed by atoms with van der Waals surface area (Å²) in [5.74, 6) is -2.64. The number of hydrogen-bond donors (Lipinski definition) is 3. The zero-order valence-electron chi connectivity index (χ0n) is 10.7. The third kappa shape index (κ3) is 4.74. The predicted octanol–water partition coefficient (Wildman–Crippen LogP) is -0.265. The van der Waals surface area contributed by atoms with Crippen LogP contribution in [0.2, 0.25) is 0 Å². The van der Waals surface area contributed by atoms with Crippen molar-refractivity contribution in [2.45, 2.75) is 31.9 Å². The number of nitrogens with zero attached hydrogens (tertiary/aromatic N) is 1. The van der Waals surface area contributed by atoms with Crippen molar-refractivity contribution in [1.29, 1.82) is 0 Å². The van der Waals surface area contributed by atoms with Gasteiger partial charge in [0.25, 0.3) is 0 Å². The van der Waals surface area contributed by atoms with E-state index >= 15 is 0 Å². The van der Waals surface area contributed by atoms with E-state index in [4.69, 9.17) is 14.9 Å². The molecule has 0 saturated carbocycles. The SMILES string of the molecule is CCC1CN(C(=O)NC(CC(=O)O)C(=O)O)CCO1. The van der Waals surface area contributed by atoms with Crippen LogP contribution in [0.1, 0.15) is 19.8 Å². The van der Waals surface area contributed by atoms with Crippen LogP contribution in [0.25, 0.3) is 0 Å². The molecule has 8 heteroatoms. The molecule has 1 saturated heterocycles. The number of carboxylic acid groups (broad SMARTS) is 2. The normalized spacial score (nSPS) is 20.7. The fourth-order valence-electron chi connectivity index (χ4n) is 1.77. The third-order valence-electron chi connectivity index (χ3n) is 2.86. The van der Waals surface area contributed by atoms with Crippen LogP contribution >= 0.6 is 0 Å². The van der Waals surface area contributed by atoms with Crippen molar-refractivity contribution in [1.82, 2.24) is 10.2 Å². The van der Waals surface area contributed by atoms with Crippen molar-refractivity contribution in [3.05, 3.63) is 0 Å². The summed E-state index contributed by atoms with van der Waals surface area (Å²) in [6.45, 7) is 3.06. The van der Waals surface area contributed by atoms with Crippen LogP contribution < -0.4 is 5.32 Å². The Labute approximate surface area is 110 Å². The summed E-state index contributed by atoms with van der Waals surface area (Å²) in [6, 6.07) is -2.00. The number of rotatable bonds is 5. The first-order valence-corrected chi connectivity index (χ1v) is 6.05. The topological polar surface area (TPSA) is 116 Å². The van der Waals surface area contributed by atoms with E-state index in [9.17, 15) is 14.4 Å². The maximum absolute atomic E-state index is 11.9. The van der Waals surface area contributed by atoms with Crippen LogP contribution in [0.4, 0.5) is 4.79 Å². The number of hydrogen-bond acceptors (Lipinski definition) is 4. The molecule has 1 rings (SSSR count). The van der Waals surface area contributed by atoms with Crippen LogP contribution in [0.15, 0.2) is 0 Å². The maximum atomic E-state index is 11.9. The minimum absolute atomic E-state index is 0.0674. The van der Waals surface area contributed by atoms with Crippen LogP contribution in [-0.2, 0) is 14.3 Å².